The number of carbonyl (C=O) groups excluding carboxylic acids is 1. The van der Waals surface area contributed by atoms with Crippen molar-refractivity contribution in [3.63, 3.8) is 0 Å². The molecule has 0 aliphatic carbocycles. The molecule has 3 rings (SSSR count). The van der Waals surface area contributed by atoms with Gasteiger partial charge in [-0.3, -0.25) is 9.78 Å². The van der Waals surface area contributed by atoms with Crippen LogP contribution in [0.15, 0.2) is 54.9 Å². The largest absolute Gasteiger partial charge is 0.339 e. The molecule has 0 saturated heterocycles. The molecule has 3 aromatic rings. The number of fused-ring (bicyclic) bond motifs is 1. The molecular weight excluding hydrogens is 353 g/mol. The highest BCUT2D eigenvalue weighted by molar-refractivity contribution is 6.23. The quantitative estimate of drug-likeness (QED) is 0.409. The highest BCUT2D eigenvalue weighted by atomic mass is 35.5. The van der Waals surface area contributed by atoms with E-state index in [4.69, 9.17) is 11.6 Å². The summed E-state index contributed by atoms with van der Waals surface area (Å²) >= 11 is 6.45. The number of aromatic nitrogens is 1. The van der Waals surface area contributed by atoms with Crippen LogP contribution < -0.4 is 10.2 Å². The lowest BCUT2D eigenvalue weighted by Crippen LogP contribution is -2.45. The third-order valence-electron chi connectivity index (χ3n) is 4.33. The highest BCUT2D eigenvalue weighted by Gasteiger charge is 2.21. The van der Waals surface area contributed by atoms with Crippen LogP contribution >= 0.6 is 11.6 Å². The number of hydrogen-bond acceptors (Lipinski definition) is 3. The van der Waals surface area contributed by atoms with Gasteiger partial charge in [0.05, 0.1) is 5.56 Å². The summed E-state index contributed by atoms with van der Waals surface area (Å²) in [6.45, 7) is 4.09. The van der Waals surface area contributed by atoms with Crippen molar-refractivity contribution in [1.29, 1.82) is 0 Å². The van der Waals surface area contributed by atoms with E-state index < -0.39 is 5.62 Å². The molecule has 0 radical (unpaired) electrons. The maximum atomic E-state index is 13.9. The zero-order chi connectivity index (χ0) is 18.7. The van der Waals surface area contributed by atoms with Crippen LogP contribution in [0.4, 0.5) is 10.1 Å². The summed E-state index contributed by atoms with van der Waals surface area (Å²) < 4.78 is 13.9. The van der Waals surface area contributed by atoms with Gasteiger partial charge in [-0.15, -0.1) is 0 Å². The zero-order valence-corrected chi connectivity index (χ0v) is 15.3. The number of alkyl halides is 1. The number of anilines is 1. The predicted molar refractivity (Wildman–Crippen MR) is 103 cm³/mol. The number of halogens is 2. The third kappa shape index (κ3) is 3.48. The van der Waals surface area contributed by atoms with Gasteiger partial charge in [0.25, 0.3) is 5.91 Å². The lowest BCUT2D eigenvalue weighted by Gasteiger charge is -2.30. The number of benzene rings is 2. The summed E-state index contributed by atoms with van der Waals surface area (Å²) in [5, 5.41) is 4.45. The monoisotopic (exact) mass is 371 g/mol. The van der Waals surface area contributed by atoms with Crippen molar-refractivity contribution in [1.82, 2.24) is 10.3 Å². The smallest absolute Gasteiger partial charge is 0.256 e. The molecular formula is C20H19ClFN3O. The molecule has 1 unspecified atom stereocenters. The Hall–Kier alpha value is -2.66. The summed E-state index contributed by atoms with van der Waals surface area (Å²) in [6, 6.07) is 12.3. The number of pyridine rings is 1. The second-order valence-corrected chi connectivity index (χ2v) is 6.30. The summed E-state index contributed by atoms with van der Waals surface area (Å²) in [5.41, 5.74) is 0.748. The maximum Gasteiger partial charge on any atom is 0.256 e. The highest BCUT2D eigenvalue weighted by Crippen LogP contribution is 2.25. The van der Waals surface area contributed by atoms with Crippen LogP contribution in [0.5, 0.6) is 0 Å². The van der Waals surface area contributed by atoms with Gasteiger partial charge in [0.15, 0.2) is 5.62 Å². The standard InChI is InChI=1S/C20H19ClFN3O/c1-3-25(18-10-6-9-17(22)13(18)2)20(21)24-19(26)16-12-23-11-14-7-4-5-8-15(14)16/h4-12,20H,3H2,1-2H3,(H,24,26). The van der Waals surface area contributed by atoms with Crippen LogP contribution in [-0.4, -0.2) is 23.1 Å². The van der Waals surface area contributed by atoms with Gasteiger partial charge in [0.2, 0.25) is 0 Å². The molecule has 0 fully saturated rings. The molecule has 1 amide bonds. The molecule has 1 N–H and O–H groups in total. The minimum absolute atomic E-state index is 0.311. The predicted octanol–water partition coefficient (Wildman–Crippen LogP) is 4.46. The number of nitrogens with zero attached hydrogens (tertiary/aromatic N) is 2. The Bertz CT molecular complexity index is 942. The first-order chi connectivity index (χ1) is 12.5. The third-order valence-corrected chi connectivity index (χ3v) is 4.67. The van der Waals surface area contributed by atoms with Crippen molar-refractivity contribution in [2.24, 2.45) is 0 Å². The van der Waals surface area contributed by atoms with Gasteiger partial charge in [-0.05, 0) is 31.4 Å². The van der Waals surface area contributed by atoms with E-state index in [2.05, 4.69) is 10.3 Å². The van der Waals surface area contributed by atoms with Crippen molar-refractivity contribution in [2.75, 3.05) is 11.4 Å². The van der Waals surface area contributed by atoms with E-state index >= 15 is 0 Å². The lowest BCUT2D eigenvalue weighted by molar-refractivity contribution is 0.0949. The van der Waals surface area contributed by atoms with E-state index in [9.17, 15) is 9.18 Å². The Labute approximate surface area is 156 Å². The fourth-order valence-corrected chi connectivity index (χ4v) is 3.26. The van der Waals surface area contributed by atoms with Gasteiger partial charge in [-0.25, -0.2) is 4.39 Å². The Morgan fingerprint density at radius 1 is 1.23 bits per heavy atom. The second-order valence-electron chi connectivity index (χ2n) is 5.89. The Kier molecular flexibility index (Phi) is 5.38. The molecule has 0 spiro atoms. The molecule has 4 nitrogen and oxygen atoms in total. The zero-order valence-electron chi connectivity index (χ0n) is 14.5. The molecule has 0 bridgehead atoms. The van der Waals surface area contributed by atoms with Gasteiger partial charge in [0, 0.05) is 35.6 Å². The van der Waals surface area contributed by atoms with Crippen molar-refractivity contribution >= 4 is 34.0 Å². The minimum atomic E-state index is -0.827. The van der Waals surface area contributed by atoms with Crippen molar-refractivity contribution in [3.8, 4) is 0 Å². The lowest BCUT2D eigenvalue weighted by atomic mass is 10.1. The van der Waals surface area contributed by atoms with Crippen LogP contribution in [0, 0.1) is 12.7 Å². The molecule has 26 heavy (non-hydrogen) atoms. The fraction of sp³-hybridized carbons (Fsp3) is 0.200. The molecule has 1 aromatic heterocycles. The van der Waals surface area contributed by atoms with E-state index in [0.717, 1.165) is 10.8 Å². The van der Waals surface area contributed by atoms with Crippen LogP contribution in [0.25, 0.3) is 10.8 Å². The fourth-order valence-electron chi connectivity index (χ4n) is 2.92. The summed E-state index contributed by atoms with van der Waals surface area (Å²) in [4.78, 5) is 18.6. The van der Waals surface area contributed by atoms with E-state index in [1.54, 1.807) is 30.2 Å². The Balaban J connectivity index is 1.87. The van der Waals surface area contributed by atoms with E-state index in [1.807, 2.05) is 31.2 Å². The Morgan fingerprint density at radius 3 is 2.77 bits per heavy atom. The minimum Gasteiger partial charge on any atom is -0.339 e. The molecule has 0 aliphatic rings. The molecule has 6 heteroatoms. The van der Waals surface area contributed by atoms with Crippen LogP contribution in [0.3, 0.4) is 0 Å². The molecule has 0 aliphatic heterocycles. The molecule has 134 valence electrons. The summed E-state index contributed by atoms with van der Waals surface area (Å²) in [7, 11) is 0. The maximum absolute atomic E-state index is 13.9. The van der Waals surface area contributed by atoms with Gasteiger partial charge >= 0.3 is 0 Å². The van der Waals surface area contributed by atoms with Gasteiger partial charge in [-0.2, -0.15) is 0 Å². The number of rotatable bonds is 5. The van der Waals surface area contributed by atoms with Gasteiger partial charge in [-0.1, -0.05) is 41.9 Å². The van der Waals surface area contributed by atoms with Crippen LogP contribution in [-0.2, 0) is 0 Å². The molecule has 2 aromatic carbocycles. The number of amides is 1. The first kappa shape index (κ1) is 18.1. The van der Waals surface area contributed by atoms with Crippen LogP contribution in [0.2, 0.25) is 0 Å². The van der Waals surface area contributed by atoms with E-state index in [-0.39, 0.29) is 11.7 Å². The first-order valence-electron chi connectivity index (χ1n) is 8.32. The summed E-state index contributed by atoms with van der Waals surface area (Å²) in [5.74, 6) is -0.642. The first-order valence-corrected chi connectivity index (χ1v) is 8.76. The van der Waals surface area contributed by atoms with E-state index in [1.165, 1.54) is 12.3 Å². The van der Waals surface area contributed by atoms with Gasteiger partial charge in [0.1, 0.15) is 5.82 Å². The van der Waals surface area contributed by atoms with Crippen molar-refractivity contribution in [2.45, 2.75) is 19.5 Å². The van der Waals surface area contributed by atoms with Crippen molar-refractivity contribution < 1.29 is 9.18 Å². The Morgan fingerprint density at radius 2 is 2.00 bits per heavy atom. The molecule has 1 atom stereocenters. The molecule has 1 heterocycles. The van der Waals surface area contributed by atoms with Crippen molar-refractivity contribution in [3.05, 3.63) is 71.8 Å². The molecule has 0 saturated carbocycles. The number of hydrogen-bond donors (Lipinski definition) is 1. The SMILES string of the molecule is CCN(c1cccc(F)c1C)C(Cl)NC(=O)c1cncc2ccccc12. The average molecular weight is 372 g/mol. The van der Waals surface area contributed by atoms with E-state index in [0.29, 0.717) is 23.4 Å². The average Bonchev–Trinajstić information content (AvgIpc) is 2.65. The normalized spacial score (nSPS) is 12.0. The number of carbonyl (C=O) groups is 1. The number of nitrogens with one attached hydrogen (secondary N) is 1. The second kappa shape index (κ2) is 7.70. The topological polar surface area (TPSA) is 45.2 Å². The summed E-state index contributed by atoms with van der Waals surface area (Å²) in [6.07, 6.45) is 3.23. The van der Waals surface area contributed by atoms with Gasteiger partial charge < -0.3 is 10.2 Å². The van der Waals surface area contributed by atoms with Crippen LogP contribution in [0.1, 0.15) is 22.8 Å².